The molecule has 23 heavy (non-hydrogen) atoms. The van der Waals surface area contributed by atoms with Gasteiger partial charge in [0.05, 0.1) is 13.5 Å². The normalized spacial score (nSPS) is 24.1. The second-order valence-corrected chi connectivity index (χ2v) is 6.85. The van der Waals surface area contributed by atoms with Crippen LogP contribution in [0.5, 0.6) is 0 Å². The van der Waals surface area contributed by atoms with Crippen molar-refractivity contribution in [3.05, 3.63) is 33.8 Å². The molecular formula is C17H21Cl2NO3. The summed E-state index contributed by atoms with van der Waals surface area (Å²) in [5, 5.41) is 3.79. The molecule has 1 fully saturated rings. The van der Waals surface area contributed by atoms with E-state index < -0.39 is 5.54 Å². The molecule has 2 rings (SSSR count). The van der Waals surface area contributed by atoms with Crippen LogP contribution in [-0.2, 0) is 20.7 Å². The first-order valence-corrected chi connectivity index (χ1v) is 8.48. The van der Waals surface area contributed by atoms with Crippen molar-refractivity contribution in [1.82, 2.24) is 5.32 Å². The number of rotatable bonds is 4. The number of hydrogen-bond donors (Lipinski definition) is 1. The quantitative estimate of drug-likeness (QED) is 0.834. The van der Waals surface area contributed by atoms with Gasteiger partial charge in [-0.3, -0.25) is 4.79 Å². The summed E-state index contributed by atoms with van der Waals surface area (Å²) in [5.41, 5.74) is -0.394. The summed E-state index contributed by atoms with van der Waals surface area (Å²) in [5.74, 6) is -0.642. The minimum Gasteiger partial charge on any atom is -0.467 e. The summed E-state index contributed by atoms with van der Waals surface area (Å²) in [7, 11) is 1.35. The summed E-state index contributed by atoms with van der Waals surface area (Å²) in [6.45, 7) is 1.97. The van der Waals surface area contributed by atoms with Crippen molar-refractivity contribution in [3.63, 3.8) is 0 Å². The minimum absolute atomic E-state index is 0.0226. The zero-order valence-corrected chi connectivity index (χ0v) is 14.8. The van der Waals surface area contributed by atoms with Crippen LogP contribution in [0.2, 0.25) is 10.0 Å². The monoisotopic (exact) mass is 357 g/mol. The van der Waals surface area contributed by atoms with Gasteiger partial charge in [0.15, 0.2) is 0 Å². The number of halogens is 2. The van der Waals surface area contributed by atoms with Crippen molar-refractivity contribution in [3.8, 4) is 0 Å². The smallest absolute Gasteiger partial charge is 0.331 e. The first kappa shape index (κ1) is 18.1. The van der Waals surface area contributed by atoms with Crippen molar-refractivity contribution in [2.45, 2.75) is 44.6 Å². The third-order valence-electron chi connectivity index (χ3n) is 4.61. The number of nitrogens with one attached hydrogen (secondary N) is 1. The summed E-state index contributed by atoms with van der Waals surface area (Å²) in [6.07, 6.45) is 3.42. The standard InChI is InChI=1S/C17H21Cl2NO3/c1-11-6-3-4-9-17(11,16(22)23-2)20-15(21)10-12-13(18)7-5-8-14(12)19/h5,7-8,11H,3-4,6,9-10H2,1-2H3,(H,20,21). The fraction of sp³-hybridized carbons (Fsp3) is 0.529. The molecule has 1 amide bonds. The lowest BCUT2D eigenvalue weighted by Gasteiger charge is -2.40. The molecule has 6 heteroatoms. The van der Waals surface area contributed by atoms with Crippen molar-refractivity contribution in [2.24, 2.45) is 5.92 Å². The van der Waals surface area contributed by atoms with Gasteiger partial charge < -0.3 is 10.1 Å². The molecule has 0 radical (unpaired) electrons. The Hall–Kier alpha value is -1.26. The SMILES string of the molecule is COC(=O)C1(NC(=O)Cc2c(Cl)cccc2Cl)CCCCC1C. The van der Waals surface area contributed by atoms with Gasteiger partial charge in [-0.2, -0.15) is 0 Å². The van der Waals surface area contributed by atoms with Gasteiger partial charge in [0.1, 0.15) is 5.54 Å². The molecule has 0 spiro atoms. The maximum atomic E-state index is 12.5. The molecule has 2 unspecified atom stereocenters. The van der Waals surface area contributed by atoms with Crippen LogP contribution in [0.4, 0.5) is 0 Å². The fourth-order valence-electron chi connectivity index (χ4n) is 3.22. The number of esters is 1. The lowest BCUT2D eigenvalue weighted by molar-refractivity contribution is -0.155. The van der Waals surface area contributed by atoms with Crippen LogP contribution >= 0.6 is 23.2 Å². The number of hydrogen-bond acceptors (Lipinski definition) is 3. The average molecular weight is 358 g/mol. The molecule has 4 nitrogen and oxygen atoms in total. The van der Waals surface area contributed by atoms with Crippen LogP contribution in [0, 0.1) is 5.92 Å². The van der Waals surface area contributed by atoms with Gasteiger partial charge in [-0.25, -0.2) is 4.79 Å². The molecule has 1 saturated carbocycles. The Morgan fingerprint density at radius 2 is 1.96 bits per heavy atom. The molecule has 0 bridgehead atoms. The van der Waals surface area contributed by atoms with Crippen LogP contribution in [0.15, 0.2) is 18.2 Å². The topological polar surface area (TPSA) is 55.4 Å². The predicted octanol–water partition coefficient (Wildman–Crippen LogP) is 3.77. The zero-order valence-electron chi connectivity index (χ0n) is 13.3. The maximum absolute atomic E-state index is 12.5. The predicted molar refractivity (Wildman–Crippen MR) is 90.7 cm³/mol. The molecule has 126 valence electrons. The molecule has 1 aliphatic carbocycles. The van der Waals surface area contributed by atoms with E-state index in [0.29, 0.717) is 22.0 Å². The first-order chi connectivity index (χ1) is 10.9. The number of ether oxygens (including phenoxy) is 1. The molecule has 1 N–H and O–H groups in total. The van der Waals surface area contributed by atoms with E-state index in [0.717, 1.165) is 19.3 Å². The van der Waals surface area contributed by atoms with Gasteiger partial charge in [0, 0.05) is 10.0 Å². The Balaban J connectivity index is 2.20. The third-order valence-corrected chi connectivity index (χ3v) is 5.32. The molecule has 2 atom stereocenters. The highest BCUT2D eigenvalue weighted by Crippen LogP contribution is 2.35. The number of amides is 1. The van der Waals surface area contributed by atoms with Crippen LogP contribution in [0.1, 0.15) is 38.2 Å². The third kappa shape index (κ3) is 3.81. The van der Waals surface area contributed by atoms with E-state index in [1.165, 1.54) is 7.11 Å². The summed E-state index contributed by atoms with van der Waals surface area (Å²) < 4.78 is 4.96. The Labute approximate surface area is 146 Å². The van der Waals surface area contributed by atoms with Gasteiger partial charge >= 0.3 is 5.97 Å². The van der Waals surface area contributed by atoms with E-state index >= 15 is 0 Å². The maximum Gasteiger partial charge on any atom is 0.331 e. The molecule has 1 aromatic carbocycles. The number of carbonyl (C=O) groups is 2. The minimum atomic E-state index is -0.960. The van der Waals surface area contributed by atoms with Crippen LogP contribution in [0.3, 0.4) is 0 Å². The van der Waals surface area contributed by atoms with Gasteiger partial charge in [-0.1, -0.05) is 49.0 Å². The van der Waals surface area contributed by atoms with Crippen LogP contribution in [0.25, 0.3) is 0 Å². The fourth-order valence-corrected chi connectivity index (χ4v) is 3.76. The van der Waals surface area contributed by atoms with Gasteiger partial charge in [0.2, 0.25) is 5.91 Å². The molecule has 0 aromatic heterocycles. The molecule has 1 aliphatic rings. The lowest BCUT2D eigenvalue weighted by Crippen LogP contribution is -2.60. The van der Waals surface area contributed by atoms with Gasteiger partial charge in [-0.05, 0) is 36.5 Å². The highest BCUT2D eigenvalue weighted by Gasteiger charge is 2.47. The number of carbonyl (C=O) groups excluding carboxylic acids is 2. The van der Waals surface area contributed by atoms with E-state index in [2.05, 4.69) is 5.32 Å². The number of methoxy groups -OCH3 is 1. The lowest BCUT2D eigenvalue weighted by atomic mass is 9.73. The highest BCUT2D eigenvalue weighted by molar-refractivity contribution is 6.36. The molecule has 0 saturated heterocycles. The van der Waals surface area contributed by atoms with Gasteiger partial charge in [-0.15, -0.1) is 0 Å². The van der Waals surface area contributed by atoms with E-state index in [4.69, 9.17) is 27.9 Å². The molecule has 0 heterocycles. The summed E-state index contributed by atoms with van der Waals surface area (Å²) in [6, 6.07) is 5.11. The second-order valence-electron chi connectivity index (χ2n) is 6.03. The Kier molecular flexibility index (Phi) is 5.93. The molecular weight excluding hydrogens is 337 g/mol. The summed E-state index contributed by atoms with van der Waals surface area (Å²) in [4.78, 5) is 24.9. The van der Waals surface area contributed by atoms with Crippen LogP contribution in [-0.4, -0.2) is 24.5 Å². The summed E-state index contributed by atoms with van der Waals surface area (Å²) >= 11 is 12.2. The Morgan fingerprint density at radius 3 is 2.52 bits per heavy atom. The van der Waals surface area contributed by atoms with E-state index in [-0.39, 0.29) is 24.2 Å². The zero-order chi connectivity index (χ0) is 17.0. The molecule has 0 aliphatic heterocycles. The van der Waals surface area contributed by atoms with Crippen molar-refractivity contribution in [1.29, 1.82) is 0 Å². The first-order valence-electron chi connectivity index (χ1n) is 7.73. The Morgan fingerprint density at radius 1 is 1.30 bits per heavy atom. The average Bonchev–Trinajstić information content (AvgIpc) is 2.52. The highest BCUT2D eigenvalue weighted by atomic mass is 35.5. The van der Waals surface area contributed by atoms with Crippen molar-refractivity contribution >= 4 is 35.1 Å². The number of benzene rings is 1. The van der Waals surface area contributed by atoms with Gasteiger partial charge in [0.25, 0.3) is 0 Å². The second kappa shape index (κ2) is 7.54. The Bertz CT molecular complexity index is 585. The molecule has 1 aromatic rings. The van der Waals surface area contributed by atoms with Crippen LogP contribution < -0.4 is 5.32 Å². The van der Waals surface area contributed by atoms with Crippen molar-refractivity contribution in [2.75, 3.05) is 7.11 Å². The van der Waals surface area contributed by atoms with E-state index in [1.54, 1.807) is 18.2 Å². The van der Waals surface area contributed by atoms with Crippen molar-refractivity contribution < 1.29 is 14.3 Å². The largest absolute Gasteiger partial charge is 0.467 e. The van der Waals surface area contributed by atoms with E-state index in [9.17, 15) is 9.59 Å². The van der Waals surface area contributed by atoms with E-state index in [1.807, 2.05) is 6.92 Å².